The van der Waals surface area contributed by atoms with Gasteiger partial charge in [0, 0.05) is 36.3 Å². The third-order valence-electron chi connectivity index (χ3n) is 7.54. The molecular formula is C30H39N3O6. The van der Waals surface area contributed by atoms with E-state index in [0.29, 0.717) is 54.1 Å². The molecule has 210 valence electrons. The summed E-state index contributed by atoms with van der Waals surface area (Å²) >= 11 is 0. The Hall–Kier alpha value is -3.66. The lowest BCUT2D eigenvalue weighted by molar-refractivity contribution is 0.183. The van der Waals surface area contributed by atoms with Gasteiger partial charge in [-0.3, -0.25) is 0 Å². The first kappa shape index (κ1) is 28.4. The molecule has 4 rings (SSSR count). The maximum atomic E-state index is 10.1. The molecule has 3 aromatic carbocycles. The molecule has 9 nitrogen and oxygen atoms in total. The lowest BCUT2D eigenvalue weighted by atomic mass is 9.75. The fraction of sp³-hybridized carbons (Fsp3) is 0.400. The summed E-state index contributed by atoms with van der Waals surface area (Å²) in [4.78, 5) is 0. The summed E-state index contributed by atoms with van der Waals surface area (Å²) < 4.78 is 0. The van der Waals surface area contributed by atoms with Crippen molar-refractivity contribution < 1.29 is 30.6 Å². The summed E-state index contributed by atoms with van der Waals surface area (Å²) in [5.41, 5.74) is 1.96. The fourth-order valence-corrected chi connectivity index (χ4v) is 5.60. The summed E-state index contributed by atoms with van der Waals surface area (Å²) in [7, 11) is 0. The van der Waals surface area contributed by atoms with Crippen LogP contribution < -0.4 is 16.0 Å². The molecule has 1 aliphatic rings. The number of phenolic OH excluding ortho intramolecular Hbond substituents is 6. The van der Waals surface area contributed by atoms with Crippen LogP contribution in [0.1, 0.15) is 36.0 Å². The number of para-hydroxylation sites is 3. The van der Waals surface area contributed by atoms with Gasteiger partial charge in [-0.1, -0.05) is 36.4 Å². The van der Waals surface area contributed by atoms with E-state index in [-0.39, 0.29) is 34.5 Å². The molecule has 0 atom stereocenters. The molecule has 9 heteroatoms. The molecule has 0 aromatic heterocycles. The molecule has 1 aliphatic carbocycles. The summed E-state index contributed by atoms with van der Waals surface area (Å²) in [5.74, 6) is 0.550. The van der Waals surface area contributed by atoms with Gasteiger partial charge in [0.2, 0.25) is 0 Å². The Morgan fingerprint density at radius 2 is 0.744 bits per heavy atom. The molecule has 1 fully saturated rings. The van der Waals surface area contributed by atoms with Gasteiger partial charge in [0.25, 0.3) is 0 Å². The lowest BCUT2D eigenvalue weighted by Gasteiger charge is -2.35. The molecule has 0 spiro atoms. The third kappa shape index (κ3) is 7.69. The number of nitrogens with one attached hydrogen (secondary N) is 3. The van der Waals surface area contributed by atoms with Crippen LogP contribution in [0.3, 0.4) is 0 Å². The SMILES string of the molecule is Oc1cccc(CNCC2CC(CNCc3cccc(O)c3O)CC(CNCc3cccc(O)c3O)C2)c1O. The van der Waals surface area contributed by atoms with Crippen LogP contribution in [-0.4, -0.2) is 50.3 Å². The highest BCUT2D eigenvalue weighted by Crippen LogP contribution is 2.34. The van der Waals surface area contributed by atoms with Crippen LogP contribution in [0.2, 0.25) is 0 Å². The van der Waals surface area contributed by atoms with Crippen LogP contribution in [-0.2, 0) is 19.6 Å². The Bertz CT molecular complexity index is 1080. The van der Waals surface area contributed by atoms with Crippen LogP contribution in [0.15, 0.2) is 54.6 Å². The van der Waals surface area contributed by atoms with E-state index in [9.17, 15) is 30.6 Å². The van der Waals surface area contributed by atoms with Crippen molar-refractivity contribution in [3.05, 3.63) is 71.3 Å². The van der Waals surface area contributed by atoms with Crippen molar-refractivity contribution in [2.24, 2.45) is 17.8 Å². The second-order valence-electron chi connectivity index (χ2n) is 10.6. The van der Waals surface area contributed by atoms with Gasteiger partial charge in [0.05, 0.1) is 0 Å². The molecule has 3 aromatic rings. The first-order valence-electron chi connectivity index (χ1n) is 13.4. The smallest absolute Gasteiger partial charge is 0.161 e. The zero-order valence-electron chi connectivity index (χ0n) is 22.0. The quantitative estimate of drug-likeness (QED) is 0.157. The Balaban J connectivity index is 1.33. The van der Waals surface area contributed by atoms with Crippen molar-refractivity contribution in [1.29, 1.82) is 0 Å². The predicted octanol–water partition coefficient (Wildman–Crippen LogP) is 3.62. The van der Waals surface area contributed by atoms with E-state index < -0.39 is 0 Å². The van der Waals surface area contributed by atoms with E-state index in [4.69, 9.17) is 0 Å². The van der Waals surface area contributed by atoms with Crippen molar-refractivity contribution in [1.82, 2.24) is 16.0 Å². The van der Waals surface area contributed by atoms with Crippen LogP contribution in [0, 0.1) is 17.8 Å². The first-order valence-corrected chi connectivity index (χ1v) is 13.4. The molecule has 0 saturated heterocycles. The molecule has 9 N–H and O–H groups in total. The van der Waals surface area contributed by atoms with Gasteiger partial charge in [-0.2, -0.15) is 0 Å². The van der Waals surface area contributed by atoms with Gasteiger partial charge >= 0.3 is 0 Å². The standard InChI is InChI=1S/C30H39N3O6/c34-25-7-1-4-22(28(25)37)16-31-13-19-10-20(14-32-17-23-5-2-8-26(35)29(23)38)12-21(11-19)15-33-18-24-6-3-9-27(36)30(24)39/h1-9,19-21,31-39H,10-18H2. The van der Waals surface area contributed by atoms with Crippen molar-refractivity contribution >= 4 is 0 Å². The monoisotopic (exact) mass is 537 g/mol. The molecule has 0 unspecified atom stereocenters. The Morgan fingerprint density at radius 3 is 1.03 bits per heavy atom. The van der Waals surface area contributed by atoms with Gasteiger partial charge < -0.3 is 46.6 Å². The number of phenols is 6. The fourth-order valence-electron chi connectivity index (χ4n) is 5.60. The van der Waals surface area contributed by atoms with Crippen LogP contribution in [0.25, 0.3) is 0 Å². The van der Waals surface area contributed by atoms with E-state index in [1.807, 2.05) is 0 Å². The molecule has 0 aliphatic heterocycles. The van der Waals surface area contributed by atoms with Crippen LogP contribution in [0.4, 0.5) is 0 Å². The van der Waals surface area contributed by atoms with E-state index in [1.165, 1.54) is 18.2 Å². The summed E-state index contributed by atoms with van der Waals surface area (Å²) in [6, 6.07) is 14.9. The topological polar surface area (TPSA) is 157 Å². The normalized spacial score (nSPS) is 19.2. The second-order valence-corrected chi connectivity index (χ2v) is 10.6. The number of aromatic hydroxyl groups is 6. The van der Waals surface area contributed by atoms with Gasteiger partial charge in [-0.15, -0.1) is 0 Å². The zero-order valence-corrected chi connectivity index (χ0v) is 22.0. The van der Waals surface area contributed by atoms with Gasteiger partial charge in [0.1, 0.15) is 0 Å². The third-order valence-corrected chi connectivity index (χ3v) is 7.54. The number of hydrogen-bond acceptors (Lipinski definition) is 9. The minimum Gasteiger partial charge on any atom is -0.504 e. The second kappa shape index (κ2) is 13.4. The molecule has 0 radical (unpaired) electrons. The molecule has 0 heterocycles. The van der Waals surface area contributed by atoms with Crippen LogP contribution in [0.5, 0.6) is 34.5 Å². The molecule has 39 heavy (non-hydrogen) atoms. The number of hydrogen-bond donors (Lipinski definition) is 9. The highest BCUT2D eigenvalue weighted by molar-refractivity contribution is 5.45. The Kier molecular flexibility index (Phi) is 9.75. The molecular weight excluding hydrogens is 498 g/mol. The van der Waals surface area contributed by atoms with E-state index in [0.717, 1.165) is 38.9 Å². The number of benzene rings is 3. The van der Waals surface area contributed by atoms with E-state index in [2.05, 4.69) is 16.0 Å². The van der Waals surface area contributed by atoms with E-state index in [1.54, 1.807) is 36.4 Å². The van der Waals surface area contributed by atoms with Gasteiger partial charge in [-0.05, 0) is 74.8 Å². The summed E-state index contributed by atoms with van der Waals surface area (Å²) in [6.45, 7) is 3.66. The van der Waals surface area contributed by atoms with E-state index >= 15 is 0 Å². The average Bonchev–Trinajstić information content (AvgIpc) is 2.91. The average molecular weight is 538 g/mol. The largest absolute Gasteiger partial charge is 0.504 e. The minimum absolute atomic E-state index is 0.0943. The zero-order chi connectivity index (χ0) is 27.8. The van der Waals surface area contributed by atoms with Gasteiger partial charge in [-0.25, -0.2) is 0 Å². The number of rotatable bonds is 12. The van der Waals surface area contributed by atoms with Crippen molar-refractivity contribution in [2.75, 3.05) is 19.6 Å². The molecule has 0 amide bonds. The van der Waals surface area contributed by atoms with Crippen LogP contribution >= 0.6 is 0 Å². The maximum Gasteiger partial charge on any atom is 0.161 e. The Morgan fingerprint density at radius 1 is 0.462 bits per heavy atom. The predicted molar refractivity (Wildman–Crippen MR) is 149 cm³/mol. The Labute approximate surface area is 228 Å². The minimum atomic E-state index is -0.125. The van der Waals surface area contributed by atoms with Gasteiger partial charge in [0.15, 0.2) is 34.5 Å². The first-order chi connectivity index (χ1) is 18.8. The maximum absolute atomic E-state index is 10.1. The van der Waals surface area contributed by atoms with Crippen molar-refractivity contribution in [2.45, 2.75) is 38.9 Å². The summed E-state index contributed by atoms with van der Waals surface area (Å²) in [5, 5.41) is 69.9. The summed E-state index contributed by atoms with van der Waals surface area (Å²) in [6.07, 6.45) is 3.05. The molecule has 0 bridgehead atoms. The highest BCUT2D eigenvalue weighted by atomic mass is 16.3. The molecule has 1 saturated carbocycles. The van der Waals surface area contributed by atoms with Crippen molar-refractivity contribution in [3.8, 4) is 34.5 Å². The van der Waals surface area contributed by atoms with Crippen molar-refractivity contribution in [3.63, 3.8) is 0 Å². The lowest BCUT2D eigenvalue weighted by Crippen LogP contribution is -2.37. The highest BCUT2D eigenvalue weighted by Gasteiger charge is 2.28.